The number of halogens is 1. The summed E-state index contributed by atoms with van der Waals surface area (Å²) in [5.41, 5.74) is 2.21. The van der Waals surface area contributed by atoms with Crippen molar-refractivity contribution < 1.29 is 22.7 Å². The molecule has 1 aliphatic rings. The standard InChI is InChI=1S/C23H27FN4O4S/c1-16-5-8-20(9-6-16)33(30,31)26-21-10-7-19(32-23(21)15-29)11-12-28-14-22(25-27-28)17-3-2-4-18(24)13-17/h2-6,8-9,13-14,19,21,23,26,29H,7,10-12,15H2,1H3/t19-,21+,23-/m1/s1. The molecule has 2 N–H and O–H groups in total. The summed E-state index contributed by atoms with van der Waals surface area (Å²) in [6.07, 6.45) is 2.78. The van der Waals surface area contributed by atoms with Crippen LogP contribution in [0, 0.1) is 12.7 Å². The highest BCUT2D eigenvalue weighted by Crippen LogP contribution is 2.24. The number of nitrogens with zero attached hydrogens (tertiary/aromatic N) is 3. The quantitative estimate of drug-likeness (QED) is 0.520. The molecule has 2 aromatic carbocycles. The van der Waals surface area contributed by atoms with Gasteiger partial charge in [-0.2, -0.15) is 0 Å². The Labute approximate surface area is 192 Å². The molecule has 10 heteroatoms. The Balaban J connectivity index is 1.33. The lowest BCUT2D eigenvalue weighted by atomic mass is 9.98. The summed E-state index contributed by atoms with van der Waals surface area (Å²) in [5, 5.41) is 18.0. The fourth-order valence-electron chi connectivity index (χ4n) is 3.93. The molecule has 2 heterocycles. The summed E-state index contributed by atoms with van der Waals surface area (Å²) in [5.74, 6) is -0.333. The fourth-order valence-corrected chi connectivity index (χ4v) is 5.23. The van der Waals surface area contributed by atoms with Crippen molar-refractivity contribution in [3.05, 3.63) is 66.1 Å². The number of aryl methyl sites for hydroxylation is 2. The van der Waals surface area contributed by atoms with Crippen LogP contribution in [-0.2, 0) is 21.3 Å². The zero-order valence-electron chi connectivity index (χ0n) is 18.3. The van der Waals surface area contributed by atoms with Gasteiger partial charge in [0.2, 0.25) is 10.0 Å². The van der Waals surface area contributed by atoms with E-state index >= 15 is 0 Å². The first-order valence-electron chi connectivity index (χ1n) is 10.9. The molecule has 0 spiro atoms. The number of benzene rings is 2. The first-order valence-corrected chi connectivity index (χ1v) is 12.3. The van der Waals surface area contributed by atoms with Gasteiger partial charge >= 0.3 is 0 Å². The summed E-state index contributed by atoms with van der Waals surface area (Å²) in [4.78, 5) is 0.187. The van der Waals surface area contributed by atoms with Crippen LogP contribution < -0.4 is 4.72 Å². The molecule has 0 bridgehead atoms. The lowest BCUT2D eigenvalue weighted by molar-refractivity contribution is -0.0891. The molecular formula is C23H27FN4O4S. The predicted molar refractivity (Wildman–Crippen MR) is 120 cm³/mol. The lowest BCUT2D eigenvalue weighted by Gasteiger charge is -2.36. The largest absolute Gasteiger partial charge is 0.394 e. The molecule has 0 unspecified atom stereocenters. The van der Waals surface area contributed by atoms with Crippen molar-refractivity contribution in [1.29, 1.82) is 0 Å². The van der Waals surface area contributed by atoms with E-state index in [2.05, 4.69) is 15.0 Å². The summed E-state index contributed by atoms with van der Waals surface area (Å²) >= 11 is 0. The molecule has 33 heavy (non-hydrogen) atoms. The Hall–Kier alpha value is -2.66. The van der Waals surface area contributed by atoms with E-state index < -0.39 is 22.2 Å². The Morgan fingerprint density at radius 2 is 2.00 bits per heavy atom. The number of sulfonamides is 1. The Morgan fingerprint density at radius 3 is 2.73 bits per heavy atom. The second-order valence-electron chi connectivity index (χ2n) is 8.26. The van der Waals surface area contributed by atoms with Crippen LogP contribution in [0.25, 0.3) is 11.3 Å². The van der Waals surface area contributed by atoms with Crippen LogP contribution in [0.3, 0.4) is 0 Å². The zero-order valence-corrected chi connectivity index (χ0v) is 19.1. The number of aromatic nitrogens is 3. The maximum absolute atomic E-state index is 13.4. The normalized spacial score (nSPS) is 21.2. The molecule has 0 amide bonds. The van der Waals surface area contributed by atoms with E-state index in [4.69, 9.17) is 4.74 Å². The number of hydrogen-bond donors (Lipinski definition) is 2. The maximum atomic E-state index is 13.4. The summed E-state index contributed by atoms with van der Waals surface area (Å²) < 4.78 is 49.2. The monoisotopic (exact) mass is 474 g/mol. The van der Waals surface area contributed by atoms with E-state index in [-0.39, 0.29) is 23.4 Å². The molecule has 4 rings (SSSR count). The van der Waals surface area contributed by atoms with Crippen LogP contribution in [0.1, 0.15) is 24.8 Å². The number of aliphatic hydroxyl groups is 1. The minimum absolute atomic E-state index is 0.149. The molecule has 0 saturated carbocycles. The third-order valence-corrected chi connectivity index (χ3v) is 7.28. The molecule has 1 aromatic heterocycles. The Morgan fingerprint density at radius 1 is 1.21 bits per heavy atom. The third-order valence-electron chi connectivity index (χ3n) is 5.77. The van der Waals surface area contributed by atoms with Crippen molar-refractivity contribution >= 4 is 10.0 Å². The number of rotatable bonds is 8. The van der Waals surface area contributed by atoms with Gasteiger partial charge in [-0.3, -0.25) is 4.68 Å². The van der Waals surface area contributed by atoms with Crippen LogP contribution in [0.15, 0.2) is 59.6 Å². The van der Waals surface area contributed by atoms with Crippen LogP contribution in [-0.4, -0.2) is 53.4 Å². The summed E-state index contributed by atoms with van der Waals surface area (Å²) in [6, 6.07) is 12.3. The number of aliphatic hydroxyl groups excluding tert-OH is 1. The van der Waals surface area contributed by atoms with Crippen LogP contribution >= 0.6 is 0 Å². The van der Waals surface area contributed by atoms with Gasteiger partial charge in [-0.1, -0.05) is 35.0 Å². The fraction of sp³-hybridized carbons (Fsp3) is 0.391. The van der Waals surface area contributed by atoms with Crippen molar-refractivity contribution in [3.8, 4) is 11.3 Å². The minimum atomic E-state index is -3.71. The number of ether oxygens (including phenoxy) is 1. The van der Waals surface area contributed by atoms with Gasteiger partial charge in [0.05, 0.1) is 35.9 Å². The maximum Gasteiger partial charge on any atom is 0.240 e. The second kappa shape index (κ2) is 10.1. The summed E-state index contributed by atoms with van der Waals surface area (Å²) in [6.45, 7) is 2.14. The zero-order chi connectivity index (χ0) is 23.4. The molecule has 3 atom stereocenters. The molecule has 176 valence electrons. The second-order valence-corrected chi connectivity index (χ2v) is 9.98. The van der Waals surface area contributed by atoms with Crippen LogP contribution in [0.2, 0.25) is 0 Å². The number of hydrogen-bond acceptors (Lipinski definition) is 6. The van der Waals surface area contributed by atoms with E-state index in [0.717, 1.165) is 5.56 Å². The van der Waals surface area contributed by atoms with Gasteiger partial charge in [-0.25, -0.2) is 17.5 Å². The molecule has 1 fully saturated rings. The SMILES string of the molecule is Cc1ccc(S(=O)(=O)N[C@H]2CC[C@H](CCn3cc(-c4cccc(F)c4)nn3)O[C@@H]2CO)cc1. The van der Waals surface area contributed by atoms with Gasteiger partial charge in [-0.05, 0) is 50.5 Å². The van der Waals surface area contributed by atoms with Crippen molar-refractivity contribution in [1.82, 2.24) is 19.7 Å². The van der Waals surface area contributed by atoms with Crippen molar-refractivity contribution in [2.24, 2.45) is 0 Å². The van der Waals surface area contributed by atoms with Gasteiger partial charge in [0, 0.05) is 12.1 Å². The predicted octanol–water partition coefficient (Wildman–Crippen LogP) is 2.67. The highest BCUT2D eigenvalue weighted by atomic mass is 32.2. The van der Waals surface area contributed by atoms with E-state index in [9.17, 15) is 17.9 Å². The average Bonchev–Trinajstić information content (AvgIpc) is 3.28. The first kappa shape index (κ1) is 23.5. The highest BCUT2D eigenvalue weighted by Gasteiger charge is 2.33. The Bertz CT molecular complexity index is 1180. The van der Waals surface area contributed by atoms with E-state index in [1.54, 1.807) is 47.3 Å². The van der Waals surface area contributed by atoms with Gasteiger partial charge in [-0.15, -0.1) is 5.10 Å². The van der Waals surface area contributed by atoms with E-state index in [1.807, 2.05) is 6.92 Å². The van der Waals surface area contributed by atoms with Gasteiger partial charge in [0.25, 0.3) is 0 Å². The van der Waals surface area contributed by atoms with Gasteiger partial charge < -0.3 is 9.84 Å². The molecule has 3 aromatic rings. The molecule has 1 aliphatic heterocycles. The number of nitrogens with one attached hydrogen (secondary N) is 1. The van der Waals surface area contributed by atoms with Gasteiger partial charge in [0.15, 0.2) is 0 Å². The van der Waals surface area contributed by atoms with Gasteiger partial charge in [0.1, 0.15) is 11.5 Å². The van der Waals surface area contributed by atoms with Crippen LogP contribution in [0.4, 0.5) is 4.39 Å². The molecule has 0 radical (unpaired) electrons. The average molecular weight is 475 g/mol. The van der Waals surface area contributed by atoms with Crippen LogP contribution in [0.5, 0.6) is 0 Å². The Kier molecular flexibility index (Phi) is 7.18. The lowest BCUT2D eigenvalue weighted by Crippen LogP contribution is -2.50. The molecule has 1 saturated heterocycles. The molecular weight excluding hydrogens is 447 g/mol. The first-order chi connectivity index (χ1) is 15.8. The van der Waals surface area contributed by atoms with Crippen molar-refractivity contribution in [2.75, 3.05) is 6.61 Å². The minimum Gasteiger partial charge on any atom is -0.394 e. The van der Waals surface area contributed by atoms with Crippen molar-refractivity contribution in [2.45, 2.75) is 55.9 Å². The van der Waals surface area contributed by atoms with E-state index in [0.29, 0.717) is 37.1 Å². The molecule has 0 aliphatic carbocycles. The smallest absolute Gasteiger partial charge is 0.240 e. The van der Waals surface area contributed by atoms with E-state index in [1.165, 1.54) is 12.1 Å². The summed E-state index contributed by atoms with van der Waals surface area (Å²) in [7, 11) is -3.71. The topological polar surface area (TPSA) is 106 Å². The molecule has 8 nitrogen and oxygen atoms in total. The van der Waals surface area contributed by atoms with Crippen molar-refractivity contribution in [3.63, 3.8) is 0 Å². The third kappa shape index (κ3) is 5.83. The highest BCUT2D eigenvalue weighted by molar-refractivity contribution is 7.89.